The highest BCUT2D eigenvalue weighted by Crippen LogP contribution is 2.18. The van der Waals surface area contributed by atoms with Crippen LogP contribution < -0.4 is 16.2 Å². The van der Waals surface area contributed by atoms with Crippen LogP contribution in [-0.4, -0.2) is 29.4 Å². The molecule has 0 bridgehead atoms. The van der Waals surface area contributed by atoms with Gasteiger partial charge in [-0.2, -0.15) is 5.10 Å². The number of halogens is 1. The molecule has 0 spiro atoms. The van der Waals surface area contributed by atoms with Crippen molar-refractivity contribution in [1.82, 2.24) is 15.1 Å². The van der Waals surface area contributed by atoms with E-state index in [9.17, 15) is 4.79 Å². The summed E-state index contributed by atoms with van der Waals surface area (Å²) < 4.78 is 2.03. The smallest absolute Gasteiger partial charge is 0.283 e. The first-order valence-electron chi connectivity index (χ1n) is 6.99. The molecule has 0 fully saturated rings. The molecule has 0 atom stereocenters. The molecule has 6 heteroatoms. The van der Waals surface area contributed by atoms with Gasteiger partial charge in [-0.25, -0.2) is 4.68 Å². The van der Waals surface area contributed by atoms with E-state index in [1.54, 1.807) is 6.20 Å². The second kappa shape index (κ2) is 7.04. The molecule has 2 rings (SSSR count). The lowest BCUT2D eigenvalue weighted by atomic mass is 10.1. The highest BCUT2D eigenvalue weighted by Gasteiger charge is 2.10. The van der Waals surface area contributed by atoms with E-state index in [4.69, 9.17) is 0 Å². The van der Waals surface area contributed by atoms with Gasteiger partial charge < -0.3 is 10.6 Å². The van der Waals surface area contributed by atoms with Crippen LogP contribution in [0.1, 0.15) is 32.7 Å². The predicted molar refractivity (Wildman–Crippen MR) is 85.3 cm³/mol. The SMILES string of the molecule is CC(C)n1ncc(NCCC2=CCNCC2)c(Br)c1=O. The van der Waals surface area contributed by atoms with E-state index in [0.29, 0.717) is 4.47 Å². The molecule has 20 heavy (non-hydrogen) atoms. The Morgan fingerprint density at radius 2 is 2.35 bits per heavy atom. The first-order valence-corrected chi connectivity index (χ1v) is 7.78. The first-order chi connectivity index (χ1) is 9.59. The zero-order valence-electron chi connectivity index (χ0n) is 11.9. The number of aromatic nitrogens is 2. The Balaban J connectivity index is 1.98. The standard InChI is InChI=1S/C14H21BrN4O/c1-10(2)19-14(20)13(15)12(9-18-19)17-8-5-11-3-6-16-7-4-11/h3,9-10,16-17H,4-8H2,1-2H3. The lowest BCUT2D eigenvalue weighted by molar-refractivity contribution is 0.501. The molecular weight excluding hydrogens is 320 g/mol. The lowest BCUT2D eigenvalue weighted by Gasteiger charge is -2.15. The van der Waals surface area contributed by atoms with Gasteiger partial charge in [0.1, 0.15) is 4.47 Å². The van der Waals surface area contributed by atoms with Gasteiger partial charge >= 0.3 is 0 Å². The molecule has 0 saturated carbocycles. The van der Waals surface area contributed by atoms with Gasteiger partial charge in [-0.05, 0) is 49.2 Å². The Labute approximate surface area is 127 Å². The third-order valence-corrected chi connectivity index (χ3v) is 4.12. The van der Waals surface area contributed by atoms with Crippen molar-refractivity contribution in [2.24, 2.45) is 0 Å². The van der Waals surface area contributed by atoms with Crippen molar-refractivity contribution >= 4 is 21.6 Å². The molecule has 1 aliphatic rings. The van der Waals surface area contributed by atoms with Crippen LogP contribution in [0.2, 0.25) is 0 Å². The van der Waals surface area contributed by atoms with Gasteiger partial charge in [-0.3, -0.25) is 4.79 Å². The molecule has 0 saturated heterocycles. The Hall–Kier alpha value is -1.14. The van der Waals surface area contributed by atoms with Crippen LogP contribution in [0.5, 0.6) is 0 Å². The largest absolute Gasteiger partial charge is 0.382 e. The first kappa shape index (κ1) is 15.3. The highest BCUT2D eigenvalue weighted by molar-refractivity contribution is 9.10. The summed E-state index contributed by atoms with van der Waals surface area (Å²) in [7, 11) is 0. The van der Waals surface area contributed by atoms with Gasteiger partial charge in [0.25, 0.3) is 5.56 Å². The van der Waals surface area contributed by atoms with E-state index >= 15 is 0 Å². The molecule has 110 valence electrons. The molecular formula is C14H21BrN4O. The van der Waals surface area contributed by atoms with Crippen molar-refractivity contribution < 1.29 is 0 Å². The predicted octanol–water partition coefficient (Wildman–Crippen LogP) is 2.31. The fourth-order valence-electron chi connectivity index (χ4n) is 2.19. The molecule has 0 radical (unpaired) electrons. The minimum atomic E-state index is -0.0916. The molecule has 1 aromatic heterocycles. The van der Waals surface area contributed by atoms with Gasteiger partial charge in [0.2, 0.25) is 0 Å². The van der Waals surface area contributed by atoms with Crippen LogP contribution in [-0.2, 0) is 0 Å². The van der Waals surface area contributed by atoms with E-state index in [2.05, 4.69) is 37.7 Å². The third-order valence-electron chi connectivity index (χ3n) is 3.35. The number of rotatable bonds is 5. The van der Waals surface area contributed by atoms with Crippen molar-refractivity contribution in [2.45, 2.75) is 32.7 Å². The quantitative estimate of drug-likeness (QED) is 0.807. The summed E-state index contributed by atoms with van der Waals surface area (Å²) in [6, 6.07) is 0.0627. The summed E-state index contributed by atoms with van der Waals surface area (Å²) in [6.07, 6.45) is 6.06. The minimum Gasteiger partial charge on any atom is -0.382 e. The van der Waals surface area contributed by atoms with Gasteiger partial charge in [-0.1, -0.05) is 11.6 Å². The normalized spacial score (nSPS) is 15.3. The molecule has 1 aliphatic heterocycles. The molecule has 0 unspecified atom stereocenters. The van der Waals surface area contributed by atoms with Gasteiger partial charge in [0.05, 0.1) is 17.9 Å². The summed E-state index contributed by atoms with van der Waals surface area (Å²) in [6.45, 7) is 6.72. The van der Waals surface area contributed by atoms with E-state index < -0.39 is 0 Å². The summed E-state index contributed by atoms with van der Waals surface area (Å²) in [5.41, 5.74) is 2.14. The Kier molecular flexibility index (Phi) is 5.37. The van der Waals surface area contributed by atoms with Crippen LogP contribution in [0.25, 0.3) is 0 Å². The Morgan fingerprint density at radius 3 is 3.00 bits per heavy atom. The number of hydrogen-bond donors (Lipinski definition) is 2. The molecule has 2 heterocycles. The highest BCUT2D eigenvalue weighted by atomic mass is 79.9. The molecule has 5 nitrogen and oxygen atoms in total. The fraction of sp³-hybridized carbons (Fsp3) is 0.571. The minimum absolute atomic E-state index is 0.0627. The topological polar surface area (TPSA) is 59.0 Å². The van der Waals surface area contributed by atoms with Gasteiger partial charge in [0, 0.05) is 13.1 Å². The maximum absolute atomic E-state index is 12.1. The van der Waals surface area contributed by atoms with E-state index in [0.717, 1.165) is 38.2 Å². The Bertz CT molecular complexity index is 551. The number of nitrogens with zero attached hydrogens (tertiary/aromatic N) is 2. The number of anilines is 1. The van der Waals surface area contributed by atoms with Crippen molar-refractivity contribution in [3.63, 3.8) is 0 Å². The average molecular weight is 341 g/mol. The van der Waals surface area contributed by atoms with E-state index in [1.807, 2.05) is 13.8 Å². The van der Waals surface area contributed by atoms with E-state index in [-0.39, 0.29) is 11.6 Å². The van der Waals surface area contributed by atoms with Crippen LogP contribution in [0, 0.1) is 0 Å². The Morgan fingerprint density at radius 1 is 1.55 bits per heavy atom. The zero-order valence-corrected chi connectivity index (χ0v) is 13.5. The van der Waals surface area contributed by atoms with Crippen molar-refractivity contribution in [1.29, 1.82) is 0 Å². The summed E-state index contributed by atoms with van der Waals surface area (Å²) in [5, 5.41) is 10.8. The number of hydrogen-bond acceptors (Lipinski definition) is 4. The molecule has 1 aromatic rings. The monoisotopic (exact) mass is 340 g/mol. The maximum atomic E-state index is 12.1. The number of nitrogens with one attached hydrogen (secondary N) is 2. The molecule has 0 aliphatic carbocycles. The summed E-state index contributed by atoms with van der Waals surface area (Å²) in [4.78, 5) is 12.1. The van der Waals surface area contributed by atoms with Crippen LogP contribution in [0.15, 0.2) is 27.1 Å². The van der Waals surface area contributed by atoms with Crippen molar-refractivity contribution in [3.8, 4) is 0 Å². The average Bonchev–Trinajstić information content (AvgIpc) is 2.44. The second-order valence-corrected chi connectivity index (χ2v) is 6.00. The maximum Gasteiger partial charge on any atom is 0.283 e. The fourth-order valence-corrected chi connectivity index (χ4v) is 2.61. The van der Waals surface area contributed by atoms with Crippen molar-refractivity contribution in [2.75, 3.05) is 25.0 Å². The molecule has 0 amide bonds. The van der Waals surface area contributed by atoms with Crippen LogP contribution in [0.3, 0.4) is 0 Å². The third kappa shape index (κ3) is 3.70. The van der Waals surface area contributed by atoms with Gasteiger partial charge in [0.15, 0.2) is 0 Å². The van der Waals surface area contributed by atoms with Crippen LogP contribution in [0.4, 0.5) is 5.69 Å². The lowest BCUT2D eigenvalue weighted by Crippen LogP contribution is -2.26. The molecule has 2 N–H and O–H groups in total. The zero-order chi connectivity index (χ0) is 14.5. The summed E-state index contributed by atoms with van der Waals surface area (Å²) in [5.74, 6) is 0. The summed E-state index contributed by atoms with van der Waals surface area (Å²) >= 11 is 3.37. The second-order valence-electron chi connectivity index (χ2n) is 5.21. The van der Waals surface area contributed by atoms with E-state index in [1.165, 1.54) is 10.3 Å². The van der Waals surface area contributed by atoms with Crippen LogP contribution >= 0.6 is 15.9 Å². The molecule has 0 aromatic carbocycles. The van der Waals surface area contributed by atoms with Gasteiger partial charge in [-0.15, -0.1) is 0 Å². The van der Waals surface area contributed by atoms with Crippen molar-refractivity contribution in [3.05, 3.63) is 32.7 Å².